The molecule has 3 rings (SSSR count). The van der Waals surface area contributed by atoms with Crippen LogP contribution in [0.1, 0.15) is 17.3 Å². The molecular formula is C14H15BrN2O2. The third-order valence-corrected chi connectivity index (χ3v) is 3.90. The average Bonchev–Trinajstić information content (AvgIpc) is 2.80. The molecule has 2 heterocycles. The normalized spacial score (nSPS) is 19.9. The third-order valence-electron chi connectivity index (χ3n) is 3.40. The van der Waals surface area contributed by atoms with E-state index in [4.69, 9.17) is 4.74 Å². The maximum atomic E-state index is 12.5. The Labute approximate surface area is 119 Å². The van der Waals surface area contributed by atoms with Gasteiger partial charge in [0.2, 0.25) is 0 Å². The van der Waals surface area contributed by atoms with Crippen molar-refractivity contribution in [3.05, 3.63) is 34.4 Å². The predicted octanol–water partition coefficient (Wildman–Crippen LogP) is 2.79. The van der Waals surface area contributed by atoms with Crippen LogP contribution in [0.2, 0.25) is 0 Å². The van der Waals surface area contributed by atoms with Gasteiger partial charge in [-0.1, -0.05) is 22.0 Å². The molecule has 100 valence electrons. The number of carbonyl (C=O) groups excluding carboxylic acids is 1. The molecule has 0 saturated carbocycles. The van der Waals surface area contributed by atoms with E-state index in [0.717, 1.165) is 20.9 Å². The fourth-order valence-electron chi connectivity index (χ4n) is 2.45. The standard InChI is InChI=1S/C14H15BrN2O2/c1-9-8-17(4-5-19-9)14(18)12-7-16-13-6-10(15)2-3-11(12)13/h2-3,6-7,9,16H,4-5,8H2,1H3. The van der Waals surface area contributed by atoms with E-state index >= 15 is 0 Å². The number of fused-ring (bicyclic) bond motifs is 1. The molecule has 1 saturated heterocycles. The minimum Gasteiger partial charge on any atom is -0.375 e. The van der Waals surface area contributed by atoms with E-state index in [0.29, 0.717) is 19.7 Å². The Bertz CT molecular complexity index is 623. The lowest BCUT2D eigenvalue weighted by Crippen LogP contribution is -2.44. The molecule has 0 aliphatic carbocycles. The van der Waals surface area contributed by atoms with E-state index in [9.17, 15) is 4.79 Å². The molecule has 1 N–H and O–H groups in total. The Balaban J connectivity index is 1.93. The van der Waals surface area contributed by atoms with Gasteiger partial charge in [0.15, 0.2) is 0 Å². The number of ether oxygens (including phenoxy) is 1. The number of benzene rings is 1. The molecule has 1 aliphatic heterocycles. The van der Waals surface area contributed by atoms with Gasteiger partial charge in [-0.2, -0.15) is 0 Å². The molecule has 1 aromatic carbocycles. The second kappa shape index (κ2) is 4.98. The van der Waals surface area contributed by atoms with Gasteiger partial charge in [-0.05, 0) is 19.1 Å². The lowest BCUT2D eigenvalue weighted by Gasteiger charge is -2.31. The van der Waals surface area contributed by atoms with Crippen LogP contribution in [-0.2, 0) is 4.74 Å². The van der Waals surface area contributed by atoms with E-state index in [2.05, 4.69) is 20.9 Å². The second-order valence-corrected chi connectivity index (χ2v) is 5.74. The maximum Gasteiger partial charge on any atom is 0.256 e. The molecule has 0 spiro atoms. The smallest absolute Gasteiger partial charge is 0.256 e. The van der Waals surface area contributed by atoms with Gasteiger partial charge >= 0.3 is 0 Å². The number of nitrogens with zero attached hydrogens (tertiary/aromatic N) is 1. The Morgan fingerprint density at radius 3 is 3.16 bits per heavy atom. The van der Waals surface area contributed by atoms with Crippen LogP contribution in [0.25, 0.3) is 10.9 Å². The van der Waals surface area contributed by atoms with Crippen LogP contribution in [0, 0.1) is 0 Å². The van der Waals surface area contributed by atoms with Gasteiger partial charge in [-0.25, -0.2) is 0 Å². The van der Waals surface area contributed by atoms with Crippen molar-refractivity contribution in [1.29, 1.82) is 0 Å². The largest absolute Gasteiger partial charge is 0.375 e. The molecular weight excluding hydrogens is 308 g/mol. The first-order valence-corrected chi connectivity index (χ1v) is 7.12. The van der Waals surface area contributed by atoms with Crippen molar-refractivity contribution in [2.45, 2.75) is 13.0 Å². The number of nitrogens with one attached hydrogen (secondary N) is 1. The van der Waals surface area contributed by atoms with Crippen molar-refractivity contribution >= 4 is 32.7 Å². The quantitative estimate of drug-likeness (QED) is 0.877. The molecule has 5 heteroatoms. The Morgan fingerprint density at radius 2 is 2.37 bits per heavy atom. The summed E-state index contributed by atoms with van der Waals surface area (Å²) < 4.78 is 6.47. The lowest BCUT2D eigenvalue weighted by molar-refractivity contribution is -0.0123. The zero-order valence-corrected chi connectivity index (χ0v) is 12.2. The van der Waals surface area contributed by atoms with E-state index < -0.39 is 0 Å². The van der Waals surface area contributed by atoms with Crippen LogP contribution in [0.5, 0.6) is 0 Å². The maximum absolute atomic E-state index is 12.5. The van der Waals surface area contributed by atoms with E-state index in [1.54, 1.807) is 6.20 Å². The summed E-state index contributed by atoms with van der Waals surface area (Å²) in [6.07, 6.45) is 1.90. The number of carbonyl (C=O) groups is 1. The molecule has 0 bridgehead atoms. The number of rotatable bonds is 1. The molecule has 4 nitrogen and oxygen atoms in total. The van der Waals surface area contributed by atoms with E-state index in [1.165, 1.54) is 0 Å². The molecule has 1 amide bonds. The molecule has 1 atom stereocenters. The Hall–Kier alpha value is -1.33. The van der Waals surface area contributed by atoms with Gasteiger partial charge in [0.05, 0.1) is 18.3 Å². The number of H-pyrrole nitrogens is 1. The fourth-order valence-corrected chi connectivity index (χ4v) is 2.81. The van der Waals surface area contributed by atoms with Crippen molar-refractivity contribution in [1.82, 2.24) is 9.88 Å². The number of morpholine rings is 1. The summed E-state index contributed by atoms with van der Waals surface area (Å²) in [5, 5.41) is 0.965. The van der Waals surface area contributed by atoms with Crippen LogP contribution in [0.4, 0.5) is 0 Å². The topological polar surface area (TPSA) is 45.3 Å². The molecule has 1 aromatic heterocycles. The van der Waals surface area contributed by atoms with E-state index in [1.807, 2.05) is 30.0 Å². The van der Waals surface area contributed by atoms with Gasteiger partial charge in [0.25, 0.3) is 5.91 Å². The first kappa shape index (κ1) is 12.7. The van der Waals surface area contributed by atoms with Crippen molar-refractivity contribution in [2.24, 2.45) is 0 Å². The summed E-state index contributed by atoms with van der Waals surface area (Å²) in [5.41, 5.74) is 1.70. The van der Waals surface area contributed by atoms with Gasteiger partial charge in [-0.3, -0.25) is 4.79 Å². The fraction of sp³-hybridized carbons (Fsp3) is 0.357. The van der Waals surface area contributed by atoms with Crippen LogP contribution < -0.4 is 0 Å². The van der Waals surface area contributed by atoms with Crippen LogP contribution in [0.15, 0.2) is 28.9 Å². The molecule has 0 radical (unpaired) electrons. The molecule has 1 unspecified atom stereocenters. The highest BCUT2D eigenvalue weighted by atomic mass is 79.9. The number of aromatic nitrogens is 1. The molecule has 1 fully saturated rings. The minimum atomic E-state index is 0.0729. The molecule has 2 aromatic rings. The SMILES string of the molecule is CC1CN(C(=O)c2c[nH]c3cc(Br)ccc23)CCO1. The highest BCUT2D eigenvalue weighted by molar-refractivity contribution is 9.10. The van der Waals surface area contributed by atoms with Crippen molar-refractivity contribution < 1.29 is 9.53 Å². The summed E-state index contributed by atoms with van der Waals surface area (Å²) in [6.45, 7) is 3.92. The van der Waals surface area contributed by atoms with Gasteiger partial charge < -0.3 is 14.6 Å². The molecule has 1 aliphatic rings. The second-order valence-electron chi connectivity index (χ2n) is 4.82. The van der Waals surface area contributed by atoms with Gasteiger partial charge in [-0.15, -0.1) is 0 Å². The number of hydrogen-bond donors (Lipinski definition) is 1. The first-order valence-electron chi connectivity index (χ1n) is 6.32. The van der Waals surface area contributed by atoms with Gasteiger partial charge in [0.1, 0.15) is 0 Å². The van der Waals surface area contributed by atoms with Crippen LogP contribution in [0.3, 0.4) is 0 Å². The van der Waals surface area contributed by atoms with E-state index in [-0.39, 0.29) is 12.0 Å². The van der Waals surface area contributed by atoms with Crippen molar-refractivity contribution in [3.8, 4) is 0 Å². The number of hydrogen-bond acceptors (Lipinski definition) is 2. The minimum absolute atomic E-state index is 0.0729. The monoisotopic (exact) mass is 322 g/mol. The number of aromatic amines is 1. The summed E-state index contributed by atoms with van der Waals surface area (Å²) in [4.78, 5) is 17.6. The van der Waals surface area contributed by atoms with Crippen molar-refractivity contribution in [3.63, 3.8) is 0 Å². The van der Waals surface area contributed by atoms with Crippen molar-refractivity contribution in [2.75, 3.05) is 19.7 Å². The van der Waals surface area contributed by atoms with Gasteiger partial charge in [0, 0.05) is 34.7 Å². The summed E-state index contributed by atoms with van der Waals surface area (Å²) in [7, 11) is 0. The highest BCUT2D eigenvalue weighted by Gasteiger charge is 2.24. The third kappa shape index (κ3) is 2.40. The summed E-state index contributed by atoms with van der Waals surface area (Å²) in [5.74, 6) is 0.0729. The number of amides is 1. The number of halogens is 1. The highest BCUT2D eigenvalue weighted by Crippen LogP contribution is 2.24. The Kier molecular flexibility index (Phi) is 3.33. The Morgan fingerprint density at radius 1 is 1.53 bits per heavy atom. The average molecular weight is 323 g/mol. The predicted molar refractivity (Wildman–Crippen MR) is 77.3 cm³/mol. The summed E-state index contributed by atoms with van der Waals surface area (Å²) >= 11 is 3.43. The zero-order chi connectivity index (χ0) is 13.4. The lowest BCUT2D eigenvalue weighted by atomic mass is 10.1. The van der Waals surface area contributed by atoms with Crippen LogP contribution in [-0.4, -0.2) is 41.6 Å². The molecule has 19 heavy (non-hydrogen) atoms. The summed E-state index contributed by atoms with van der Waals surface area (Å²) in [6, 6.07) is 5.90. The zero-order valence-electron chi connectivity index (χ0n) is 10.6. The van der Waals surface area contributed by atoms with Crippen LogP contribution >= 0.6 is 15.9 Å². The first-order chi connectivity index (χ1) is 9.15.